The Morgan fingerprint density at radius 2 is 1.94 bits per heavy atom. The van der Waals surface area contributed by atoms with Crippen LogP contribution in [0.15, 0.2) is 24.3 Å². The summed E-state index contributed by atoms with van der Waals surface area (Å²) in [6.45, 7) is 0.610. The van der Waals surface area contributed by atoms with E-state index in [2.05, 4.69) is 15.9 Å². The van der Waals surface area contributed by atoms with Gasteiger partial charge in [-0.15, -0.1) is 0 Å². The molecule has 1 aromatic rings. The Morgan fingerprint density at radius 1 is 1.25 bits per heavy atom. The van der Waals surface area contributed by atoms with Crippen molar-refractivity contribution in [3.63, 3.8) is 0 Å². The van der Waals surface area contributed by atoms with E-state index in [0.29, 0.717) is 12.4 Å². The van der Waals surface area contributed by atoms with E-state index in [-0.39, 0.29) is 11.2 Å². The van der Waals surface area contributed by atoms with Crippen LogP contribution in [0.2, 0.25) is 0 Å². The number of halogens is 2. The molecule has 0 saturated heterocycles. The van der Waals surface area contributed by atoms with E-state index in [1.54, 1.807) is 18.2 Å². The van der Waals surface area contributed by atoms with Crippen LogP contribution in [0.5, 0.6) is 5.75 Å². The van der Waals surface area contributed by atoms with Crippen molar-refractivity contribution in [3.8, 4) is 5.75 Å². The molecule has 16 heavy (non-hydrogen) atoms. The number of hydrogen-bond donors (Lipinski definition) is 0. The Balaban J connectivity index is 1.98. The first-order valence-electron chi connectivity index (χ1n) is 5.69. The Bertz CT molecular complexity index is 348. The van der Waals surface area contributed by atoms with E-state index in [1.165, 1.54) is 31.7 Å². The van der Waals surface area contributed by atoms with Crippen LogP contribution in [0.3, 0.4) is 0 Å². The van der Waals surface area contributed by atoms with Crippen LogP contribution in [0.1, 0.15) is 25.7 Å². The van der Waals surface area contributed by atoms with E-state index in [1.807, 2.05) is 0 Å². The SMILES string of the molecule is Fc1ccccc1OCC1(CBr)CCCC1. The van der Waals surface area contributed by atoms with Gasteiger partial charge < -0.3 is 4.74 Å². The van der Waals surface area contributed by atoms with Gasteiger partial charge in [-0.25, -0.2) is 4.39 Å². The highest BCUT2D eigenvalue weighted by atomic mass is 79.9. The zero-order valence-electron chi connectivity index (χ0n) is 9.22. The van der Waals surface area contributed by atoms with Crippen molar-refractivity contribution in [2.24, 2.45) is 5.41 Å². The number of para-hydroxylation sites is 1. The van der Waals surface area contributed by atoms with Crippen LogP contribution >= 0.6 is 15.9 Å². The third-order valence-corrected chi connectivity index (χ3v) is 4.51. The van der Waals surface area contributed by atoms with Crippen molar-refractivity contribution >= 4 is 15.9 Å². The summed E-state index contributed by atoms with van der Waals surface area (Å²) in [5.74, 6) is 0.0972. The molecule has 1 aliphatic carbocycles. The minimum Gasteiger partial charge on any atom is -0.490 e. The predicted octanol–water partition coefficient (Wildman–Crippen LogP) is 4.16. The van der Waals surface area contributed by atoms with Crippen molar-refractivity contribution in [1.29, 1.82) is 0 Å². The summed E-state index contributed by atoms with van der Waals surface area (Å²) in [5, 5.41) is 0.939. The first-order valence-corrected chi connectivity index (χ1v) is 6.81. The Labute approximate surface area is 104 Å². The van der Waals surface area contributed by atoms with Gasteiger partial charge >= 0.3 is 0 Å². The lowest BCUT2D eigenvalue weighted by atomic mass is 9.90. The highest BCUT2D eigenvalue weighted by Crippen LogP contribution is 2.40. The van der Waals surface area contributed by atoms with Crippen LogP contribution in [-0.2, 0) is 0 Å². The van der Waals surface area contributed by atoms with Gasteiger partial charge in [0.1, 0.15) is 0 Å². The molecule has 0 heterocycles. The average molecular weight is 287 g/mol. The summed E-state index contributed by atoms with van der Waals surface area (Å²) >= 11 is 3.55. The van der Waals surface area contributed by atoms with Gasteiger partial charge in [0, 0.05) is 10.7 Å². The normalized spacial score (nSPS) is 18.6. The van der Waals surface area contributed by atoms with Crippen LogP contribution in [0, 0.1) is 11.2 Å². The lowest BCUT2D eigenvalue weighted by Gasteiger charge is -2.26. The summed E-state index contributed by atoms with van der Waals surface area (Å²) < 4.78 is 19.0. The molecule has 0 bridgehead atoms. The molecule has 1 nitrogen and oxygen atoms in total. The second-order valence-corrected chi connectivity index (χ2v) is 5.12. The number of alkyl halides is 1. The molecule has 0 atom stereocenters. The van der Waals surface area contributed by atoms with E-state index < -0.39 is 0 Å². The molecule has 0 spiro atoms. The van der Waals surface area contributed by atoms with Crippen LogP contribution in [0.25, 0.3) is 0 Å². The number of hydrogen-bond acceptors (Lipinski definition) is 1. The summed E-state index contributed by atoms with van der Waals surface area (Å²) in [7, 11) is 0. The van der Waals surface area contributed by atoms with Gasteiger partial charge in [-0.3, -0.25) is 0 Å². The lowest BCUT2D eigenvalue weighted by Crippen LogP contribution is -2.27. The van der Waals surface area contributed by atoms with Crippen molar-refractivity contribution in [1.82, 2.24) is 0 Å². The summed E-state index contributed by atoms with van der Waals surface area (Å²) in [4.78, 5) is 0. The zero-order chi connectivity index (χ0) is 11.4. The van der Waals surface area contributed by atoms with Crippen LogP contribution in [-0.4, -0.2) is 11.9 Å². The Kier molecular flexibility index (Phi) is 3.85. The second kappa shape index (κ2) is 5.17. The summed E-state index contributed by atoms with van der Waals surface area (Å²) in [6, 6.07) is 6.60. The number of rotatable bonds is 4. The maximum atomic E-state index is 13.4. The quantitative estimate of drug-likeness (QED) is 0.756. The molecule has 1 aromatic carbocycles. The van der Waals surface area contributed by atoms with Gasteiger partial charge in [-0.2, -0.15) is 0 Å². The molecule has 0 unspecified atom stereocenters. The number of ether oxygens (including phenoxy) is 1. The average Bonchev–Trinajstić information content (AvgIpc) is 2.78. The third kappa shape index (κ3) is 2.57. The molecule has 0 amide bonds. The molecule has 1 fully saturated rings. The smallest absolute Gasteiger partial charge is 0.165 e. The van der Waals surface area contributed by atoms with E-state index in [4.69, 9.17) is 4.74 Å². The summed E-state index contributed by atoms with van der Waals surface area (Å²) in [6.07, 6.45) is 4.86. The predicted molar refractivity (Wildman–Crippen MR) is 66.6 cm³/mol. The minimum absolute atomic E-state index is 0.211. The molecule has 0 radical (unpaired) electrons. The topological polar surface area (TPSA) is 9.23 Å². The van der Waals surface area contributed by atoms with Crippen molar-refractivity contribution < 1.29 is 9.13 Å². The van der Waals surface area contributed by atoms with Crippen molar-refractivity contribution in [2.45, 2.75) is 25.7 Å². The van der Waals surface area contributed by atoms with Gasteiger partial charge in [0.05, 0.1) is 6.61 Å². The fraction of sp³-hybridized carbons (Fsp3) is 0.538. The minimum atomic E-state index is -0.273. The van der Waals surface area contributed by atoms with Gasteiger partial charge in [0.25, 0.3) is 0 Å². The van der Waals surface area contributed by atoms with E-state index in [0.717, 1.165) is 5.33 Å². The largest absolute Gasteiger partial charge is 0.490 e. The van der Waals surface area contributed by atoms with Gasteiger partial charge in [0.15, 0.2) is 11.6 Å². The maximum absolute atomic E-state index is 13.4. The maximum Gasteiger partial charge on any atom is 0.165 e. The molecule has 1 saturated carbocycles. The molecule has 0 aliphatic heterocycles. The molecular weight excluding hydrogens is 271 g/mol. The lowest BCUT2D eigenvalue weighted by molar-refractivity contribution is 0.168. The molecule has 3 heteroatoms. The fourth-order valence-corrected chi connectivity index (χ4v) is 2.96. The second-order valence-electron chi connectivity index (χ2n) is 4.56. The van der Waals surface area contributed by atoms with Gasteiger partial charge in [-0.05, 0) is 25.0 Å². The molecule has 1 aliphatic rings. The van der Waals surface area contributed by atoms with E-state index >= 15 is 0 Å². The van der Waals surface area contributed by atoms with Crippen LogP contribution in [0.4, 0.5) is 4.39 Å². The highest BCUT2D eigenvalue weighted by Gasteiger charge is 2.33. The fourth-order valence-electron chi connectivity index (χ4n) is 2.23. The molecular formula is C13H16BrFO. The van der Waals surface area contributed by atoms with Crippen molar-refractivity contribution in [2.75, 3.05) is 11.9 Å². The standard InChI is InChI=1S/C13H16BrFO/c14-9-13(7-3-4-8-13)10-16-12-6-2-1-5-11(12)15/h1-2,5-6H,3-4,7-10H2. The Hall–Kier alpha value is -0.570. The highest BCUT2D eigenvalue weighted by molar-refractivity contribution is 9.09. The molecule has 2 rings (SSSR count). The monoisotopic (exact) mass is 286 g/mol. The summed E-state index contributed by atoms with van der Waals surface area (Å²) in [5.41, 5.74) is 0.211. The first-order chi connectivity index (χ1) is 7.76. The van der Waals surface area contributed by atoms with E-state index in [9.17, 15) is 4.39 Å². The van der Waals surface area contributed by atoms with Gasteiger partial charge in [-0.1, -0.05) is 40.9 Å². The first kappa shape index (κ1) is 11.9. The van der Waals surface area contributed by atoms with Crippen molar-refractivity contribution in [3.05, 3.63) is 30.1 Å². The third-order valence-electron chi connectivity index (χ3n) is 3.32. The molecule has 0 N–H and O–H groups in total. The molecule has 0 aromatic heterocycles. The van der Waals surface area contributed by atoms with Gasteiger partial charge in [0.2, 0.25) is 0 Å². The molecule has 88 valence electrons. The number of benzene rings is 1. The van der Waals surface area contributed by atoms with Crippen LogP contribution < -0.4 is 4.74 Å². The Morgan fingerprint density at radius 3 is 2.56 bits per heavy atom. The zero-order valence-corrected chi connectivity index (χ0v) is 10.8.